The Kier molecular flexibility index (Phi) is 3.81. The summed E-state index contributed by atoms with van der Waals surface area (Å²) in [5.74, 6) is 1.65. The molecule has 0 aromatic carbocycles. The highest BCUT2D eigenvalue weighted by Gasteiger charge is 2.17. The van der Waals surface area contributed by atoms with Crippen LogP contribution in [0.15, 0.2) is 23.8 Å². The maximum absolute atomic E-state index is 10.2. The highest BCUT2D eigenvalue weighted by Crippen LogP contribution is 2.32. The first kappa shape index (κ1) is 12.1. The molecule has 1 N–H and O–H groups in total. The highest BCUT2D eigenvalue weighted by molar-refractivity contribution is 7.10. The lowest BCUT2D eigenvalue weighted by atomic mass is 10.2. The minimum Gasteiger partial charge on any atom is -0.495 e. The SMILES string of the molecule is CCn1ccnc1CC(O)c1sccc1OC. The van der Waals surface area contributed by atoms with Crippen LogP contribution in [0.2, 0.25) is 0 Å². The third-order valence-electron chi connectivity index (χ3n) is 2.70. The monoisotopic (exact) mass is 252 g/mol. The first-order valence-electron chi connectivity index (χ1n) is 5.55. The standard InChI is InChI=1S/C12H16N2O2S/c1-3-14-6-5-13-11(14)8-9(15)12-10(16-2)4-7-17-12/h4-7,9,15H,3,8H2,1-2H3. The topological polar surface area (TPSA) is 47.3 Å². The molecular formula is C12H16N2O2S. The van der Waals surface area contributed by atoms with Gasteiger partial charge in [0, 0.05) is 25.4 Å². The maximum Gasteiger partial charge on any atom is 0.135 e. The lowest BCUT2D eigenvalue weighted by Crippen LogP contribution is -2.07. The average molecular weight is 252 g/mol. The smallest absolute Gasteiger partial charge is 0.135 e. The number of aromatic nitrogens is 2. The van der Waals surface area contributed by atoms with Crippen LogP contribution < -0.4 is 4.74 Å². The third-order valence-corrected chi connectivity index (χ3v) is 3.70. The van der Waals surface area contributed by atoms with Crippen LogP contribution in [0.25, 0.3) is 0 Å². The van der Waals surface area contributed by atoms with E-state index in [1.807, 2.05) is 22.2 Å². The molecule has 0 aliphatic carbocycles. The lowest BCUT2D eigenvalue weighted by Gasteiger charge is -2.11. The molecule has 5 heteroatoms. The van der Waals surface area contributed by atoms with Crippen molar-refractivity contribution in [3.05, 3.63) is 34.5 Å². The van der Waals surface area contributed by atoms with E-state index in [0.717, 1.165) is 23.0 Å². The number of nitrogens with zero attached hydrogens (tertiary/aromatic N) is 2. The number of aliphatic hydroxyl groups excluding tert-OH is 1. The summed E-state index contributed by atoms with van der Waals surface area (Å²) in [6, 6.07) is 1.87. The van der Waals surface area contributed by atoms with Gasteiger partial charge in [-0.05, 0) is 18.4 Å². The number of rotatable bonds is 5. The van der Waals surface area contributed by atoms with E-state index in [0.29, 0.717) is 6.42 Å². The third kappa shape index (κ3) is 2.50. The number of aryl methyl sites for hydroxylation is 1. The minimum absolute atomic E-state index is 0.512. The molecule has 1 unspecified atom stereocenters. The van der Waals surface area contributed by atoms with Crippen LogP contribution in [-0.2, 0) is 13.0 Å². The van der Waals surface area contributed by atoms with Crippen molar-refractivity contribution in [2.45, 2.75) is 26.0 Å². The van der Waals surface area contributed by atoms with Gasteiger partial charge in [0.05, 0.1) is 18.1 Å². The number of thiophene rings is 1. The Labute approximate surface area is 105 Å². The van der Waals surface area contributed by atoms with E-state index in [1.54, 1.807) is 13.3 Å². The number of hydrogen-bond acceptors (Lipinski definition) is 4. The van der Waals surface area contributed by atoms with E-state index in [4.69, 9.17) is 4.74 Å². The van der Waals surface area contributed by atoms with Gasteiger partial charge in [-0.1, -0.05) is 0 Å². The first-order chi connectivity index (χ1) is 8.26. The Balaban J connectivity index is 2.14. The van der Waals surface area contributed by atoms with Gasteiger partial charge in [-0.2, -0.15) is 0 Å². The van der Waals surface area contributed by atoms with E-state index in [9.17, 15) is 5.11 Å². The predicted octanol–water partition coefficient (Wildman–Crippen LogP) is 2.25. The lowest BCUT2D eigenvalue weighted by molar-refractivity contribution is 0.174. The summed E-state index contributed by atoms with van der Waals surface area (Å²) in [7, 11) is 1.62. The van der Waals surface area contributed by atoms with Gasteiger partial charge in [0.2, 0.25) is 0 Å². The molecule has 2 rings (SSSR count). The zero-order chi connectivity index (χ0) is 12.3. The molecule has 17 heavy (non-hydrogen) atoms. The molecule has 0 saturated carbocycles. The van der Waals surface area contributed by atoms with Crippen LogP contribution in [0.4, 0.5) is 0 Å². The molecule has 92 valence electrons. The summed E-state index contributed by atoms with van der Waals surface area (Å²) in [5, 5.41) is 12.1. The van der Waals surface area contributed by atoms with E-state index in [-0.39, 0.29) is 0 Å². The second kappa shape index (κ2) is 5.33. The molecule has 0 aliphatic rings. The Morgan fingerprint density at radius 1 is 1.59 bits per heavy atom. The van der Waals surface area contributed by atoms with Gasteiger partial charge in [0.25, 0.3) is 0 Å². The summed E-state index contributed by atoms with van der Waals surface area (Å²) >= 11 is 1.51. The number of ether oxygens (including phenoxy) is 1. The average Bonchev–Trinajstić information content (AvgIpc) is 2.96. The van der Waals surface area contributed by atoms with E-state index >= 15 is 0 Å². The second-order valence-electron chi connectivity index (χ2n) is 3.70. The molecule has 2 aromatic heterocycles. The molecular weight excluding hydrogens is 236 g/mol. The Bertz CT molecular complexity index is 478. The van der Waals surface area contributed by atoms with Gasteiger partial charge in [-0.3, -0.25) is 0 Å². The maximum atomic E-state index is 10.2. The number of imidazole rings is 1. The molecule has 2 heterocycles. The van der Waals surface area contributed by atoms with Gasteiger partial charge in [0.15, 0.2) is 0 Å². The summed E-state index contributed by atoms with van der Waals surface area (Å²) in [5.41, 5.74) is 0. The highest BCUT2D eigenvalue weighted by atomic mass is 32.1. The van der Waals surface area contributed by atoms with Crippen LogP contribution in [0, 0.1) is 0 Å². The van der Waals surface area contributed by atoms with E-state index < -0.39 is 6.10 Å². The van der Waals surface area contributed by atoms with Crippen molar-refractivity contribution in [1.29, 1.82) is 0 Å². The summed E-state index contributed by atoms with van der Waals surface area (Å²) in [4.78, 5) is 5.12. The quantitative estimate of drug-likeness (QED) is 0.887. The zero-order valence-electron chi connectivity index (χ0n) is 9.96. The minimum atomic E-state index is -0.558. The van der Waals surface area contributed by atoms with Crippen LogP contribution in [0.5, 0.6) is 5.75 Å². The number of methoxy groups -OCH3 is 1. The van der Waals surface area contributed by atoms with Crippen molar-refractivity contribution in [2.75, 3.05) is 7.11 Å². The number of aliphatic hydroxyl groups is 1. The predicted molar refractivity (Wildman–Crippen MR) is 67.4 cm³/mol. The normalized spacial score (nSPS) is 12.6. The Hall–Kier alpha value is -1.33. The van der Waals surface area contributed by atoms with Crippen molar-refractivity contribution in [3.8, 4) is 5.75 Å². The van der Waals surface area contributed by atoms with Crippen molar-refractivity contribution in [3.63, 3.8) is 0 Å². The van der Waals surface area contributed by atoms with E-state index in [2.05, 4.69) is 11.9 Å². The fourth-order valence-corrected chi connectivity index (χ4v) is 2.65. The van der Waals surface area contributed by atoms with Gasteiger partial charge in [-0.25, -0.2) is 4.98 Å². The molecule has 2 aromatic rings. The largest absolute Gasteiger partial charge is 0.495 e. The molecule has 0 spiro atoms. The van der Waals surface area contributed by atoms with Gasteiger partial charge in [-0.15, -0.1) is 11.3 Å². The summed E-state index contributed by atoms with van der Waals surface area (Å²) in [6.07, 6.45) is 3.64. The molecule has 4 nitrogen and oxygen atoms in total. The molecule has 0 radical (unpaired) electrons. The molecule has 0 saturated heterocycles. The second-order valence-corrected chi connectivity index (χ2v) is 4.65. The summed E-state index contributed by atoms with van der Waals surface area (Å²) < 4.78 is 7.24. The molecule has 0 aliphatic heterocycles. The van der Waals surface area contributed by atoms with Crippen molar-refractivity contribution < 1.29 is 9.84 Å². The van der Waals surface area contributed by atoms with Gasteiger partial charge in [0.1, 0.15) is 11.6 Å². The Morgan fingerprint density at radius 3 is 3.12 bits per heavy atom. The van der Waals surface area contributed by atoms with Crippen LogP contribution in [0.1, 0.15) is 23.7 Å². The Morgan fingerprint density at radius 2 is 2.41 bits per heavy atom. The zero-order valence-corrected chi connectivity index (χ0v) is 10.8. The van der Waals surface area contributed by atoms with Crippen LogP contribution >= 0.6 is 11.3 Å². The molecule has 0 fully saturated rings. The fraction of sp³-hybridized carbons (Fsp3) is 0.417. The number of hydrogen-bond donors (Lipinski definition) is 1. The van der Waals surface area contributed by atoms with E-state index in [1.165, 1.54) is 11.3 Å². The van der Waals surface area contributed by atoms with Gasteiger partial charge >= 0.3 is 0 Å². The fourth-order valence-electron chi connectivity index (χ4n) is 1.80. The molecule has 1 atom stereocenters. The first-order valence-corrected chi connectivity index (χ1v) is 6.43. The van der Waals surface area contributed by atoms with Crippen LogP contribution in [0.3, 0.4) is 0 Å². The van der Waals surface area contributed by atoms with Crippen molar-refractivity contribution in [2.24, 2.45) is 0 Å². The van der Waals surface area contributed by atoms with Crippen molar-refractivity contribution >= 4 is 11.3 Å². The van der Waals surface area contributed by atoms with Gasteiger partial charge < -0.3 is 14.4 Å². The van der Waals surface area contributed by atoms with Crippen LogP contribution in [-0.4, -0.2) is 21.8 Å². The molecule has 0 bridgehead atoms. The molecule has 0 amide bonds. The van der Waals surface area contributed by atoms with Crippen molar-refractivity contribution in [1.82, 2.24) is 9.55 Å². The summed E-state index contributed by atoms with van der Waals surface area (Å²) in [6.45, 7) is 2.92.